The Hall–Kier alpha value is -0.0800. The summed E-state index contributed by atoms with van der Waals surface area (Å²) >= 11 is 0. The third-order valence-electron chi connectivity index (χ3n) is 3.34. The van der Waals surface area contributed by atoms with Gasteiger partial charge in [-0.25, -0.2) is 0 Å². The van der Waals surface area contributed by atoms with E-state index in [-0.39, 0.29) is 5.41 Å². The van der Waals surface area contributed by atoms with E-state index in [1.807, 2.05) is 0 Å². The summed E-state index contributed by atoms with van der Waals surface area (Å²) in [6.07, 6.45) is 7.77. The molecular formula is C10H19NO. The van der Waals surface area contributed by atoms with Gasteiger partial charge in [0, 0.05) is 24.6 Å². The summed E-state index contributed by atoms with van der Waals surface area (Å²) in [5.41, 5.74) is 0.253. The van der Waals surface area contributed by atoms with Gasteiger partial charge in [-0.15, -0.1) is 0 Å². The number of nitrogens with one attached hydrogen (secondary N) is 1. The van der Waals surface area contributed by atoms with Crippen LogP contribution in [0.15, 0.2) is 0 Å². The molecule has 0 radical (unpaired) electrons. The highest BCUT2D eigenvalue weighted by Gasteiger charge is 2.34. The van der Waals surface area contributed by atoms with Crippen LogP contribution in [0.1, 0.15) is 38.5 Å². The Morgan fingerprint density at radius 2 is 1.92 bits per heavy atom. The van der Waals surface area contributed by atoms with Crippen molar-refractivity contribution in [1.29, 1.82) is 0 Å². The first-order valence-corrected chi connectivity index (χ1v) is 5.19. The van der Waals surface area contributed by atoms with E-state index in [9.17, 15) is 5.11 Å². The summed E-state index contributed by atoms with van der Waals surface area (Å²) in [6, 6.07) is 0.786. The molecule has 2 N–H and O–H groups in total. The third-order valence-corrected chi connectivity index (χ3v) is 3.34. The van der Waals surface area contributed by atoms with Crippen LogP contribution in [-0.2, 0) is 0 Å². The molecule has 0 aliphatic heterocycles. The van der Waals surface area contributed by atoms with Crippen molar-refractivity contribution in [2.45, 2.75) is 44.6 Å². The first kappa shape index (κ1) is 8.52. The fraction of sp³-hybridized carbons (Fsp3) is 1.00. The van der Waals surface area contributed by atoms with Crippen molar-refractivity contribution in [1.82, 2.24) is 5.32 Å². The van der Waals surface area contributed by atoms with Gasteiger partial charge < -0.3 is 10.4 Å². The molecule has 2 saturated carbocycles. The number of hydrogen-bond acceptors (Lipinski definition) is 2. The van der Waals surface area contributed by atoms with Gasteiger partial charge in [0.2, 0.25) is 0 Å². The molecule has 2 aliphatic carbocycles. The predicted molar refractivity (Wildman–Crippen MR) is 49.0 cm³/mol. The predicted octanol–water partition coefficient (Wildman–Crippen LogP) is 1.29. The second-order valence-corrected chi connectivity index (χ2v) is 4.52. The molecule has 2 heteroatoms. The van der Waals surface area contributed by atoms with E-state index in [0.29, 0.717) is 6.61 Å². The van der Waals surface area contributed by atoms with Crippen molar-refractivity contribution < 1.29 is 5.11 Å². The van der Waals surface area contributed by atoms with Crippen molar-refractivity contribution >= 4 is 0 Å². The summed E-state index contributed by atoms with van der Waals surface area (Å²) in [7, 11) is 0. The van der Waals surface area contributed by atoms with Gasteiger partial charge in [0.25, 0.3) is 0 Å². The number of rotatable bonds is 4. The standard InChI is InChI=1S/C10H19NO/c12-8-10(5-1-2-6-10)7-11-9-3-4-9/h9,11-12H,1-8H2. The van der Waals surface area contributed by atoms with Crippen LogP contribution in [0.25, 0.3) is 0 Å². The first-order chi connectivity index (χ1) is 5.85. The molecule has 2 nitrogen and oxygen atoms in total. The maximum absolute atomic E-state index is 9.31. The topological polar surface area (TPSA) is 32.3 Å². The average Bonchev–Trinajstić information content (AvgIpc) is 2.82. The van der Waals surface area contributed by atoms with E-state index in [1.165, 1.54) is 38.5 Å². The number of aliphatic hydroxyl groups is 1. The minimum Gasteiger partial charge on any atom is -0.396 e. The molecule has 0 bridgehead atoms. The van der Waals surface area contributed by atoms with Gasteiger partial charge >= 0.3 is 0 Å². The van der Waals surface area contributed by atoms with Crippen LogP contribution in [0.5, 0.6) is 0 Å². The van der Waals surface area contributed by atoms with Crippen LogP contribution in [0.4, 0.5) is 0 Å². The van der Waals surface area contributed by atoms with Crippen molar-refractivity contribution in [3.05, 3.63) is 0 Å². The quantitative estimate of drug-likeness (QED) is 0.664. The molecule has 0 amide bonds. The van der Waals surface area contributed by atoms with Crippen LogP contribution in [0.3, 0.4) is 0 Å². The van der Waals surface area contributed by atoms with Gasteiger partial charge in [-0.1, -0.05) is 12.8 Å². The summed E-state index contributed by atoms with van der Waals surface area (Å²) in [5.74, 6) is 0. The van der Waals surface area contributed by atoms with E-state index in [2.05, 4.69) is 5.32 Å². The molecular weight excluding hydrogens is 150 g/mol. The zero-order chi connectivity index (χ0) is 8.44. The van der Waals surface area contributed by atoms with Crippen LogP contribution >= 0.6 is 0 Å². The van der Waals surface area contributed by atoms with Crippen LogP contribution < -0.4 is 5.32 Å². The normalized spacial score (nSPS) is 27.8. The van der Waals surface area contributed by atoms with Gasteiger partial charge in [0.05, 0.1) is 0 Å². The molecule has 0 aromatic heterocycles. The lowest BCUT2D eigenvalue weighted by molar-refractivity contribution is 0.128. The van der Waals surface area contributed by atoms with Crippen molar-refractivity contribution in [3.8, 4) is 0 Å². The molecule has 12 heavy (non-hydrogen) atoms. The highest BCUT2D eigenvalue weighted by Crippen LogP contribution is 2.37. The molecule has 2 aliphatic rings. The first-order valence-electron chi connectivity index (χ1n) is 5.19. The molecule has 0 saturated heterocycles. The Morgan fingerprint density at radius 3 is 2.42 bits per heavy atom. The molecule has 0 aromatic carbocycles. The summed E-state index contributed by atoms with van der Waals surface area (Å²) < 4.78 is 0. The van der Waals surface area contributed by atoms with E-state index < -0.39 is 0 Å². The van der Waals surface area contributed by atoms with Crippen molar-refractivity contribution in [2.24, 2.45) is 5.41 Å². The Balaban J connectivity index is 1.79. The fourth-order valence-corrected chi connectivity index (χ4v) is 2.16. The monoisotopic (exact) mass is 169 g/mol. The Morgan fingerprint density at radius 1 is 1.25 bits per heavy atom. The minimum absolute atomic E-state index is 0.253. The summed E-state index contributed by atoms with van der Waals surface area (Å²) in [6.45, 7) is 1.43. The lowest BCUT2D eigenvalue weighted by Crippen LogP contribution is -2.36. The van der Waals surface area contributed by atoms with Gasteiger partial charge in [-0.2, -0.15) is 0 Å². The SMILES string of the molecule is OCC1(CNC2CC2)CCCC1. The molecule has 0 atom stereocenters. The number of hydrogen-bond donors (Lipinski definition) is 2. The van der Waals surface area contributed by atoms with E-state index in [0.717, 1.165) is 12.6 Å². The Kier molecular flexibility index (Phi) is 2.37. The molecule has 2 fully saturated rings. The molecule has 70 valence electrons. The maximum atomic E-state index is 9.31. The lowest BCUT2D eigenvalue weighted by Gasteiger charge is -2.26. The molecule has 0 heterocycles. The second kappa shape index (κ2) is 3.35. The summed E-state index contributed by atoms with van der Waals surface area (Å²) in [5, 5.41) is 12.8. The fourth-order valence-electron chi connectivity index (χ4n) is 2.16. The smallest absolute Gasteiger partial charge is 0.0499 e. The van der Waals surface area contributed by atoms with Gasteiger partial charge in [-0.3, -0.25) is 0 Å². The Bertz CT molecular complexity index is 148. The van der Waals surface area contributed by atoms with E-state index in [1.54, 1.807) is 0 Å². The molecule has 0 unspecified atom stereocenters. The zero-order valence-electron chi connectivity index (χ0n) is 7.68. The minimum atomic E-state index is 0.253. The average molecular weight is 169 g/mol. The second-order valence-electron chi connectivity index (χ2n) is 4.52. The number of aliphatic hydroxyl groups excluding tert-OH is 1. The van der Waals surface area contributed by atoms with Crippen molar-refractivity contribution in [2.75, 3.05) is 13.2 Å². The van der Waals surface area contributed by atoms with Crippen molar-refractivity contribution in [3.63, 3.8) is 0 Å². The summed E-state index contributed by atoms with van der Waals surface area (Å²) in [4.78, 5) is 0. The van der Waals surface area contributed by atoms with Gasteiger partial charge in [-0.05, 0) is 25.7 Å². The highest BCUT2D eigenvalue weighted by atomic mass is 16.3. The van der Waals surface area contributed by atoms with Crippen LogP contribution in [0.2, 0.25) is 0 Å². The molecule has 2 rings (SSSR count). The zero-order valence-corrected chi connectivity index (χ0v) is 7.68. The molecule has 0 aromatic rings. The third kappa shape index (κ3) is 1.80. The van der Waals surface area contributed by atoms with Crippen LogP contribution in [-0.4, -0.2) is 24.3 Å². The lowest BCUT2D eigenvalue weighted by atomic mass is 9.87. The maximum Gasteiger partial charge on any atom is 0.0499 e. The van der Waals surface area contributed by atoms with E-state index >= 15 is 0 Å². The Labute approximate surface area is 74.4 Å². The molecule has 0 spiro atoms. The van der Waals surface area contributed by atoms with Gasteiger partial charge in [0.1, 0.15) is 0 Å². The van der Waals surface area contributed by atoms with Crippen LogP contribution in [0, 0.1) is 5.41 Å². The van der Waals surface area contributed by atoms with E-state index in [4.69, 9.17) is 0 Å². The largest absolute Gasteiger partial charge is 0.396 e. The van der Waals surface area contributed by atoms with Gasteiger partial charge in [0.15, 0.2) is 0 Å². The highest BCUT2D eigenvalue weighted by molar-refractivity contribution is 4.90.